The van der Waals surface area contributed by atoms with E-state index >= 15 is 0 Å². The van der Waals surface area contributed by atoms with Gasteiger partial charge in [-0.2, -0.15) is 0 Å². The Hall–Kier alpha value is -0.120. The van der Waals surface area contributed by atoms with Crippen molar-refractivity contribution in [1.82, 2.24) is 15.1 Å². The summed E-state index contributed by atoms with van der Waals surface area (Å²) in [6, 6.07) is 0. The second kappa shape index (κ2) is 3.47. The lowest BCUT2D eigenvalue weighted by molar-refractivity contribution is 0.0669. The Morgan fingerprint density at radius 3 is 2.21 bits per heavy atom. The number of hydrogen-bond acceptors (Lipinski definition) is 3. The second-order valence-corrected chi connectivity index (χ2v) is 5.30. The van der Waals surface area contributed by atoms with E-state index < -0.39 is 0 Å². The van der Waals surface area contributed by atoms with E-state index in [2.05, 4.69) is 15.1 Å². The average Bonchev–Trinajstić information content (AvgIpc) is 2.94. The van der Waals surface area contributed by atoms with E-state index in [9.17, 15) is 0 Å². The second-order valence-electron chi connectivity index (χ2n) is 5.30. The first-order valence-corrected chi connectivity index (χ1v) is 6.02. The minimum Gasteiger partial charge on any atom is -0.314 e. The van der Waals surface area contributed by atoms with Crippen molar-refractivity contribution in [3.8, 4) is 0 Å². The molecular weight excluding hydrogens is 174 g/mol. The van der Waals surface area contributed by atoms with Crippen LogP contribution in [0.25, 0.3) is 0 Å². The molecule has 2 saturated heterocycles. The average molecular weight is 195 g/mol. The van der Waals surface area contributed by atoms with E-state index in [1.54, 1.807) is 0 Å². The largest absolute Gasteiger partial charge is 0.314 e. The van der Waals surface area contributed by atoms with Crippen LogP contribution in [0.15, 0.2) is 0 Å². The van der Waals surface area contributed by atoms with Crippen LogP contribution in [0.5, 0.6) is 0 Å². The third-order valence-corrected chi connectivity index (χ3v) is 4.02. The summed E-state index contributed by atoms with van der Waals surface area (Å²) in [7, 11) is 0. The summed E-state index contributed by atoms with van der Waals surface area (Å²) < 4.78 is 0. The zero-order valence-electron chi connectivity index (χ0n) is 8.97. The van der Waals surface area contributed by atoms with Gasteiger partial charge in [0.2, 0.25) is 0 Å². The third kappa shape index (κ3) is 1.81. The highest BCUT2D eigenvalue weighted by Crippen LogP contribution is 2.52. The minimum atomic E-state index is 0.837. The molecule has 1 saturated carbocycles. The smallest absolute Gasteiger partial charge is 0.0110 e. The summed E-state index contributed by atoms with van der Waals surface area (Å²) in [5.74, 6) is 0. The van der Waals surface area contributed by atoms with Gasteiger partial charge in [0.25, 0.3) is 0 Å². The Morgan fingerprint density at radius 1 is 0.929 bits per heavy atom. The number of likely N-dealkylation sites (tertiary alicyclic amines) is 1. The normalized spacial score (nSPS) is 31.7. The standard InChI is InChI=1S/C11H21N3/c1-2-11(1)9-14(10-11)8-7-13-5-3-12-4-6-13/h12H,1-10H2. The van der Waals surface area contributed by atoms with E-state index in [1.165, 1.54) is 65.2 Å². The van der Waals surface area contributed by atoms with Crippen molar-refractivity contribution < 1.29 is 0 Å². The molecule has 1 aliphatic carbocycles. The number of nitrogens with zero attached hydrogens (tertiary/aromatic N) is 2. The van der Waals surface area contributed by atoms with E-state index in [0.29, 0.717) is 0 Å². The predicted octanol–water partition coefficient (Wildman–Crippen LogP) is -0.0126. The highest BCUT2D eigenvalue weighted by Gasteiger charge is 2.51. The molecule has 1 N–H and O–H groups in total. The zero-order valence-corrected chi connectivity index (χ0v) is 8.97. The van der Waals surface area contributed by atoms with Crippen LogP contribution < -0.4 is 5.32 Å². The lowest BCUT2D eigenvalue weighted by Gasteiger charge is -2.41. The Labute approximate surface area is 86.4 Å². The lowest BCUT2D eigenvalue weighted by Crippen LogP contribution is -2.52. The van der Waals surface area contributed by atoms with E-state index in [-0.39, 0.29) is 0 Å². The highest BCUT2D eigenvalue weighted by molar-refractivity contribution is 5.05. The van der Waals surface area contributed by atoms with Gasteiger partial charge in [0.1, 0.15) is 0 Å². The summed E-state index contributed by atoms with van der Waals surface area (Å²) in [6.45, 7) is 10.3. The molecule has 3 heteroatoms. The molecule has 80 valence electrons. The quantitative estimate of drug-likeness (QED) is 0.683. The molecule has 2 aliphatic heterocycles. The van der Waals surface area contributed by atoms with Crippen LogP contribution >= 0.6 is 0 Å². The van der Waals surface area contributed by atoms with Crippen molar-refractivity contribution in [3.05, 3.63) is 0 Å². The van der Waals surface area contributed by atoms with Gasteiger partial charge in [0, 0.05) is 52.4 Å². The van der Waals surface area contributed by atoms with Crippen molar-refractivity contribution in [2.75, 3.05) is 52.4 Å². The van der Waals surface area contributed by atoms with Crippen LogP contribution in [-0.4, -0.2) is 62.2 Å². The molecule has 0 unspecified atom stereocenters. The lowest BCUT2D eigenvalue weighted by atomic mass is 9.97. The first-order valence-electron chi connectivity index (χ1n) is 6.02. The fraction of sp³-hybridized carbons (Fsp3) is 1.00. The first kappa shape index (κ1) is 9.13. The molecule has 0 bridgehead atoms. The van der Waals surface area contributed by atoms with Crippen LogP contribution in [0.2, 0.25) is 0 Å². The molecule has 3 nitrogen and oxygen atoms in total. The molecule has 0 aromatic rings. The van der Waals surface area contributed by atoms with Crippen LogP contribution in [0.4, 0.5) is 0 Å². The zero-order chi connectivity index (χ0) is 9.43. The molecule has 2 heterocycles. The summed E-state index contributed by atoms with van der Waals surface area (Å²) in [5, 5.41) is 3.40. The van der Waals surface area contributed by atoms with Gasteiger partial charge in [-0.25, -0.2) is 0 Å². The topological polar surface area (TPSA) is 18.5 Å². The Morgan fingerprint density at radius 2 is 1.57 bits per heavy atom. The van der Waals surface area contributed by atoms with Crippen LogP contribution in [0.1, 0.15) is 12.8 Å². The highest BCUT2D eigenvalue weighted by atomic mass is 15.3. The maximum atomic E-state index is 3.40. The summed E-state index contributed by atoms with van der Waals surface area (Å²) in [4.78, 5) is 5.23. The Bertz CT molecular complexity index is 199. The fourth-order valence-corrected chi connectivity index (χ4v) is 2.77. The molecular formula is C11H21N3. The van der Waals surface area contributed by atoms with Crippen molar-refractivity contribution in [1.29, 1.82) is 0 Å². The van der Waals surface area contributed by atoms with Gasteiger partial charge in [-0.3, -0.25) is 4.90 Å². The summed E-state index contributed by atoms with van der Waals surface area (Å²) in [5.41, 5.74) is 0.837. The van der Waals surface area contributed by atoms with Crippen LogP contribution in [0, 0.1) is 5.41 Å². The molecule has 0 aromatic carbocycles. The van der Waals surface area contributed by atoms with Crippen LogP contribution in [-0.2, 0) is 0 Å². The van der Waals surface area contributed by atoms with Gasteiger partial charge in [0.05, 0.1) is 0 Å². The summed E-state index contributed by atoms with van der Waals surface area (Å²) >= 11 is 0. The minimum absolute atomic E-state index is 0.837. The van der Waals surface area contributed by atoms with E-state index in [1.807, 2.05) is 0 Å². The molecule has 0 radical (unpaired) electrons. The van der Waals surface area contributed by atoms with Gasteiger partial charge < -0.3 is 10.2 Å². The number of nitrogens with one attached hydrogen (secondary N) is 1. The van der Waals surface area contributed by atoms with Gasteiger partial charge in [-0.15, -0.1) is 0 Å². The number of hydrogen-bond donors (Lipinski definition) is 1. The molecule has 14 heavy (non-hydrogen) atoms. The molecule has 0 atom stereocenters. The molecule has 3 fully saturated rings. The van der Waals surface area contributed by atoms with E-state index in [0.717, 1.165) is 5.41 Å². The van der Waals surface area contributed by atoms with Crippen molar-refractivity contribution in [2.24, 2.45) is 5.41 Å². The number of piperazine rings is 1. The van der Waals surface area contributed by atoms with Crippen molar-refractivity contribution in [2.45, 2.75) is 12.8 Å². The monoisotopic (exact) mass is 195 g/mol. The van der Waals surface area contributed by atoms with Crippen molar-refractivity contribution >= 4 is 0 Å². The van der Waals surface area contributed by atoms with E-state index in [4.69, 9.17) is 0 Å². The van der Waals surface area contributed by atoms with Crippen molar-refractivity contribution in [3.63, 3.8) is 0 Å². The maximum absolute atomic E-state index is 3.40. The van der Waals surface area contributed by atoms with Gasteiger partial charge >= 0.3 is 0 Å². The maximum Gasteiger partial charge on any atom is 0.0110 e. The van der Waals surface area contributed by atoms with Gasteiger partial charge in [-0.1, -0.05) is 0 Å². The third-order valence-electron chi connectivity index (χ3n) is 4.02. The van der Waals surface area contributed by atoms with Gasteiger partial charge in [-0.05, 0) is 18.3 Å². The molecule has 1 spiro atoms. The molecule has 0 aromatic heterocycles. The van der Waals surface area contributed by atoms with Crippen LogP contribution in [0.3, 0.4) is 0 Å². The fourth-order valence-electron chi connectivity index (χ4n) is 2.77. The predicted molar refractivity (Wildman–Crippen MR) is 57.4 cm³/mol. The Balaban J connectivity index is 1.33. The molecule has 3 aliphatic rings. The first-order chi connectivity index (χ1) is 6.86. The SMILES string of the molecule is C1CN(CCN2CC3(CC3)C2)CCN1. The van der Waals surface area contributed by atoms with Gasteiger partial charge in [0.15, 0.2) is 0 Å². The molecule has 0 amide bonds. The number of rotatable bonds is 3. The molecule has 3 rings (SSSR count). The Kier molecular flexibility index (Phi) is 2.26. The summed E-state index contributed by atoms with van der Waals surface area (Å²) in [6.07, 6.45) is 3.02.